The first-order valence-electron chi connectivity index (χ1n) is 6.20. The van der Waals surface area contributed by atoms with Gasteiger partial charge in [0.05, 0.1) is 5.75 Å². The molecule has 0 N–H and O–H groups in total. The molecule has 0 aliphatic heterocycles. The molecule has 0 aromatic rings. The number of alkyl halides is 3. The molecule has 0 aromatic heterocycles. The van der Waals surface area contributed by atoms with Crippen LogP contribution in [-0.2, 0) is 60.2 Å². The Balaban J connectivity index is 7.58. The summed E-state index contributed by atoms with van der Waals surface area (Å²) < 4.78 is 199. The zero-order valence-corrected chi connectivity index (χ0v) is 17.6. The Morgan fingerprint density at radius 1 is 0.667 bits per heavy atom. The van der Waals surface area contributed by atoms with Crippen LogP contribution in [0.2, 0.25) is 0 Å². The van der Waals surface area contributed by atoms with Crippen LogP contribution < -0.4 is 0 Å². The number of halogens is 7. The maximum absolute atomic E-state index is 14.3. The molecule has 0 heterocycles. The van der Waals surface area contributed by atoms with E-state index in [2.05, 4.69) is 9.22 Å². The van der Waals surface area contributed by atoms with Gasteiger partial charge in [0.2, 0.25) is 0 Å². The van der Waals surface area contributed by atoms with Gasteiger partial charge >= 0.3 is 55.4 Å². The standard InChI is InChI=1S/C6H7F7O12S5/c1-2-3-26(14,15)25-24-5(9,27(10,16)17)4(7,8)6(28(11,18)19,29(12,20)21)30(13,22)23/h2-3H2,1H3. The van der Waals surface area contributed by atoms with Crippen LogP contribution in [0.5, 0.6) is 0 Å². The van der Waals surface area contributed by atoms with E-state index in [9.17, 15) is 70.8 Å². The summed E-state index contributed by atoms with van der Waals surface area (Å²) in [4.78, 5) is 2.41. The minimum absolute atomic E-state index is 0.537. The first-order chi connectivity index (χ1) is 12.8. The molecule has 0 radical (unpaired) electrons. The molecule has 0 aromatic carbocycles. The number of hydrogen-bond acceptors (Lipinski definition) is 12. The molecule has 1 unspecified atom stereocenters. The Labute approximate surface area is 164 Å². The first-order valence-corrected chi connectivity index (χ1v) is 13.3. The molecule has 182 valence electrons. The Morgan fingerprint density at radius 3 is 1.23 bits per heavy atom. The van der Waals surface area contributed by atoms with E-state index < -0.39 is 77.7 Å². The normalized spacial score (nSPS) is 17.5. The molecule has 0 saturated heterocycles. The van der Waals surface area contributed by atoms with E-state index in [1.54, 1.807) is 0 Å². The van der Waals surface area contributed by atoms with Crippen LogP contribution >= 0.6 is 0 Å². The summed E-state index contributed by atoms with van der Waals surface area (Å²) in [5.74, 6) is -9.37. The van der Waals surface area contributed by atoms with Crippen molar-refractivity contribution in [1.82, 2.24) is 0 Å². The predicted octanol–water partition coefficient (Wildman–Crippen LogP) is -0.216. The maximum atomic E-state index is 14.3. The molecule has 0 aliphatic carbocycles. The zero-order valence-electron chi connectivity index (χ0n) is 13.5. The van der Waals surface area contributed by atoms with Crippen molar-refractivity contribution in [3.8, 4) is 0 Å². The van der Waals surface area contributed by atoms with Gasteiger partial charge in [0.1, 0.15) is 0 Å². The molecule has 12 nitrogen and oxygen atoms in total. The minimum atomic E-state index is -8.54. The van der Waals surface area contributed by atoms with E-state index >= 15 is 0 Å². The smallest absolute Gasteiger partial charge is 0.197 e. The third-order valence-electron chi connectivity index (χ3n) is 2.74. The second-order valence-electron chi connectivity index (χ2n) is 4.83. The summed E-state index contributed by atoms with van der Waals surface area (Å²) in [6.07, 6.45) is -0.537. The fourth-order valence-corrected chi connectivity index (χ4v) is 7.37. The van der Waals surface area contributed by atoms with E-state index in [1.807, 2.05) is 0 Å². The summed E-state index contributed by atoms with van der Waals surface area (Å²) in [5, 5.41) is -7.29. The molecule has 0 rings (SSSR count). The van der Waals surface area contributed by atoms with Crippen molar-refractivity contribution in [3.05, 3.63) is 0 Å². The molecule has 0 amide bonds. The van der Waals surface area contributed by atoms with Crippen molar-refractivity contribution in [3.63, 3.8) is 0 Å². The average Bonchev–Trinajstić information content (AvgIpc) is 2.38. The van der Waals surface area contributed by atoms with Gasteiger partial charge in [-0.15, -0.1) is 16.0 Å². The van der Waals surface area contributed by atoms with Crippen molar-refractivity contribution in [1.29, 1.82) is 0 Å². The van der Waals surface area contributed by atoms with Gasteiger partial charge in [0, 0.05) is 0 Å². The maximum Gasteiger partial charge on any atom is 0.434 e. The monoisotopic (exact) mass is 564 g/mol. The lowest BCUT2D eigenvalue weighted by molar-refractivity contribution is -0.357. The van der Waals surface area contributed by atoms with Crippen LogP contribution in [-0.4, -0.2) is 62.4 Å². The molecular formula is C6H7F7O12S5. The van der Waals surface area contributed by atoms with Crippen molar-refractivity contribution >= 4 is 51.0 Å². The van der Waals surface area contributed by atoms with Crippen molar-refractivity contribution in [2.24, 2.45) is 0 Å². The van der Waals surface area contributed by atoms with E-state index in [0.29, 0.717) is 0 Å². The number of hydrogen-bond donors (Lipinski definition) is 0. The average molecular weight is 564 g/mol. The van der Waals surface area contributed by atoms with Crippen LogP contribution in [0.4, 0.5) is 28.7 Å². The molecule has 0 saturated carbocycles. The van der Waals surface area contributed by atoms with E-state index in [0.717, 1.165) is 6.92 Å². The van der Waals surface area contributed by atoms with Gasteiger partial charge in [0.25, 0.3) is 10.1 Å². The lowest BCUT2D eigenvalue weighted by atomic mass is 10.4. The van der Waals surface area contributed by atoms with E-state index in [-0.39, 0.29) is 0 Å². The molecule has 30 heavy (non-hydrogen) atoms. The number of rotatable bonds is 11. The highest BCUT2D eigenvalue weighted by atomic mass is 32.4. The summed E-state index contributed by atoms with van der Waals surface area (Å²) in [6, 6.07) is 0. The van der Waals surface area contributed by atoms with Gasteiger partial charge in [0.15, 0.2) is 0 Å². The Kier molecular flexibility index (Phi) is 7.73. The molecule has 24 heteroatoms. The van der Waals surface area contributed by atoms with Gasteiger partial charge in [-0.05, 0) is 6.42 Å². The third-order valence-corrected chi connectivity index (χ3v) is 11.1. The van der Waals surface area contributed by atoms with Crippen molar-refractivity contribution in [2.75, 3.05) is 5.75 Å². The van der Waals surface area contributed by atoms with E-state index in [1.165, 1.54) is 0 Å². The predicted molar refractivity (Wildman–Crippen MR) is 77.9 cm³/mol. The quantitative estimate of drug-likeness (QED) is 0.139. The highest BCUT2D eigenvalue weighted by Gasteiger charge is 2.92. The highest BCUT2D eigenvalue weighted by molar-refractivity contribution is 8.21. The summed E-state index contributed by atoms with van der Waals surface area (Å²) in [6.45, 7) is 0.996. The van der Waals surface area contributed by atoms with Crippen LogP contribution in [0.25, 0.3) is 0 Å². The third kappa shape index (κ3) is 4.52. The SMILES string of the molecule is CCCS(=O)(=O)OOC(F)(C(F)(F)C(S(=O)(=O)F)(S(=O)(=O)F)S(=O)(=O)F)S(=O)(=O)F. The van der Waals surface area contributed by atoms with Crippen molar-refractivity contribution in [2.45, 2.75) is 27.9 Å². The molecule has 0 spiro atoms. The largest absolute Gasteiger partial charge is 0.434 e. The topological polar surface area (TPSA) is 189 Å². The first kappa shape index (κ1) is 29.2. The van der Waals surface area contributed by atoms with Crippen LogP contribution in [0.3, 0.4) is 0 Å². The summed E-state index contributed by atoms with van der Waals surface area (Å²) >= 11 is 0. The zero-order chi connectivity index (χ0) is 24.8. The molecule has 0 aliphatic rings. The highest BCUT2D eigenvalue weighted by Crippen LogP contribution is 2.56. The molecule has 0 fully saturated rings. The minimum Gasteiger partial charge on any atom is -0.197 e. The van der Waals surface area contributed by atoms with Gasteiger partial charge < -0.3 is 0 Å². The van der Waals surface area contributed by atoms with Crippen LogP contribution in [0.15, 0.2) is 0 Å². The lowest BCUT2D eigenvalue weighted by Gasteiger charge is -2.34. The second kappa shape index (κ2) is 7.95. The second-order valence-corrected chi connectivity index (χ2v) is 13.1. The molecule has 1 atom stereocenters. The molecule has 0 bridgehead atoms. The van der Waals surface area contributed by atoms with Crippen LogP contribution in [0, 0.1) is 0 Å². The van der Waals surface area contributed by atoms with Crippen molar-refractivity contribution < 1.29 is 80.0 Å². The van der Waals surface area contributed by atoms with Gasteiger partial charge in [-0.2, -0.15) is 60.1 Å². The van der Waals surface area contributed by atoms with Gasteiger partial charge in [-0.25, -0.2) is 0 Å². The van der Waals surface area contributed by atoms with Gasteiger partial charge in [-0.1, -0.05) is 10.8 Å². The van der Waals surface area contributed by atoms with Crippen LogP contribution in [0.1, 0.15) is 13.3 Å². The summed E-state index contributed by atoms with van der Waals surface area (Å²) in [7, 11) is -39.3. The molecular weight excluding hydrogens is 557 g/mol. The Morgan fingerprint density at radius 2 is 1.00 bits per heavy atom. The summed E-state index contributed by atoms with van der Waals surface area (Å²) in [5.41, 5.74) is 0. The van der Waals surface area contributed by atoms with Gasteiger partial charge in [-0.3, -0.25) is 0 Å². The Bertz CT molecular complexity index is 1120. The Hall–Kier alpha value is -0.820. The van der Waals surface area contributed by atoms with E-state index in [4.69, 9.17) is 0 Å². The fourth-order valence-electron chi connectivity index (χ4n) is 1.62. The lowest BCUT2D eigenvalue weighted by Crippen LogP contribution is -2.70. The fraction of sp³-hybridized carbons (Fsp3) is 1.00.